The molecule has 1 aliphatic heterocycles. The maximum atomic E-state index is 12.8. The van der Waals surface area contributed by atoms with E-state index in [2.05, 4.69) is 38.5 Å². The van der Waals surface area contributed by atoms with Crippen molar-refractivity contribution in [2.45, 2.75) is 20.1 Å². The minimum Gasteiger partial charge on any atom is -0.488 e. The van der Waals surface area contributed by atoms with Crippen molar-refractivity contribution in [1.29, 1.82) is 0 Å². The number of amides is 2. The van der Waals surface area contributed by atoms with Gasteiger partial charge < -0.3 is 4.74 Å². The van der Waals surface area contributed by atoms with Crippen LogP contribution in [0.1, 0.15) is 22.3 Å². The van der Waals surface area contributed by atoms with Crippen LogP contribution in [0.3, 0.4) is 0 Å². The van der Waals surface area contributed by atoms with Gasteiger partial charge >= 0.3 is 0 Å². The molecule has 3 aromatic carbocycles. The van der Waals surface area contributed by atoms with E-state index in [0.29, 0.717) is 17.3 Å². The topological polar surface area (TPSA) is 46.6 Å². The molecule has 0 unspecified atom stereocenters. The lowest BCUT2D eigenvalue weighted by atomic mass is 10.1. The van der Waals surface area contributed by atoms with Crippen LogP contribution in [0.25, 0.3) is 6.08 Å². The number of thioether (sulfide) groups is 1. The molecule has 7 heteroatoms. The molecule has 0 aliphatic carbocycles. The highest BCUT2D eigenvalue weighted by molar-refractivity contribution is 14.1. The minimum atomic E-state index is -0.268. The van der Waals surface area contributed by atoms with Gasteiger partial charge in [-0.1, -0.05) is 48.0 Å². The summed E-state index contributed by atoms with van der Waals surface area (Å²) in [7, 11) is 0. The molecule has 0 aromatic heterocycles. The van der Waals surface area contributed by atoms with Crippen LogP contribution in [-0.4, -0.2) is 16.0 Å². The summed E-state index contributed by atoms with van der Waals surface area (Å²) < 4.78 is 7.88. The predicted molar refractivity (Wildman–Crippen MR) is 140 cm³/mol. The molecule has 4 nitrogen and oxygen atoms in total. The maximum Gasteiger partial charge on any atom is 0.293 e. The number of imide groups is 1. The van der Waals surface area contributed by atoms with Crippen molar-refractivity contribution in [3.63, 3.8) is 0 Å². The third-order valence-electron chi connectivity index (χ3n) is 4.90. The van der Waals surface area contributed by atoms with E-state index in [9.17, 15) is 9.59 Å². The molecule has 3 aromatic rings. The van der Waals surface area contributed by atoms with E-state index in [1.165, 1.54) is 8.47 Å². The first-order valence-electron chi connectivity index (χ1n) is 9.87. The van der Waals surface area contributed by atoms with E-state index in [4.69, 9.17) is 4.74 Å². The van der Waals surface area contributed by atoms with Crippen molar-refractivity contribution in [2.75, 3.05) is 0 Å². The number of benzene rings is 3. The highest BCUT2D eigenvalue weighted by Crippen LogP contribution is 2.35. The van der Waals surface area contributed by atoms with Crippen molar-refractivity contribution < 1.29 is 14.3 Å². The highest BCUT2D eigenvalue weighted by atomic mass is 127. The van der Waals surface area contributed by atoms with Gasteiger partial charge in [0.25, 0.3) is 11.1 Å². The molecular formula is C25H19BrINO3S. The molecule has 2 amide bonds. The molecule has 0 spiro atoms. The van der Waals surface area contributed by atoms with Gasteiger partial charge in [0, 0.05) is 3.57 Å². The minimum absolute atomic E-state index is 0.252. The monoisotopic (exact) mass is 619 g/mol. The molecule has 0 saturated carbocycles. The smallest absolute Gasteiger partial charge is 0.293 e. The number of nitrogens with zero attached hydrogens (tertiary/aromatic N) is 1. The Morgan fingerprint density at radius 2 is 1.69 bits per heavy atom. The van der Waals surface area contributed by atoms with Crippen molar-refractivity contribution in [2.24, 2.45) is 0 Å². The van der Waals surface area contributed by atoms with E-state index in [-0.39, 0.29) is 17.7 Å². The van der Waals surface area contributed by atoms with Gasteiger partial charge in [0.05, 0.1) is 15.9 Å². The summed E-state index contributed by atoms with van der Waals surface area (Å²) in [4.78, 5) is 26.9. The molecule has 0 atom stereocenters. The van der Waals surface area contributed by atoms with E-state index < -0.39 is 0 Å². The Bertz CT molecular complexity index is 1190. The first-order valence-corrected chi connectivity index (χ1v) is 12.6. The third-order valence-corrected chi connectivity index (χ3v) is 7.14. The van der Waals surface area contributed by atoms with Crippen LogP contribution < -0.4 is 4.74 Å². The SMILES string of the molecule is Cc1ccc(CN2C(=O)S/C(=C\c3ccc(OCc4ccc(I)cc4)c(Br)c3)C2=O)cc1. The summed E-state index contributed by atoms with van der Waals surface area (Å²) in [6, 6.07) is 21.6. The summed E-state index contributed by atoms with van der Waals surface area (Å²) in [5.74, 6) is 0.448. The van der Waals surface area contributed by atoms with Gasteiger partial charge in [0.15, 0.2) is 0 Å². The van der Waals surface area contributed by atoms with Crippen molar-refractivity contribution in [3.8, 4) is 5.75 Å². The Balaban J connectivity index is 1.44. The molecule has 0 radical (unpaired) electrons. The van der Waals surface area contributed by atoms with E-state index in [1.54, 1.807) is 6.08 Å². The standard InChI is InChI=1S/C25H19BrINO3S/c1-16-2-4-17(5-3-16)14-28-24(29)23(32-25(28)30)13-19-8-11-22(21(26)12-19)31-15-18-6-9-20(27)10-7-18/h2-13H,14-15H2,1H3/b23-13-. The quantitative estimate of drug-likeness (QED) is 0.217. The van der Waals surface area contributed by atoms with Gasteiger partial charge in [0.1, 0.15) is 12.4 Å². The highest BCUT2D eigenvalue weighted by Gasteiger charge is 2.34. The van der Waals surface area contributed by atoms with Crippen LogP contribution in [-0.2, 0) is 17.9 Å². The molecule has 4 rings (SSSR count). The van der Waals surface area contributed by atoms with Crippen molar-refractivity contribution >= 4 is 67.5 Å². The van der Waals surface area contributed by atoms with E-state index >= 15 is 0 Å². The van der Waals surface area contributed by atoms with Crippen molar-refractivity contribution in [1.82, 2.24) is 4.90 Å². The fourth-order valence-electron chi connectivity index (χ4n) is 3.13. The Kier molecular flexibility index (Phi) is 7.37. The lowest BCUT2D eigenvalue weighted by Gasteiger charge is -2.12. The Hall–Kier alpha value is -2.10. The van der Waals surface area contributed by atoms with Crippen LogP contribution in [0.4, 0.5) is 4.79 Å². The lowest BCUT2D eigenvalue weighted by Crippen LogP contribution is -2.27. The Labute approximate surface area is 213 Å². The number of hydrogen-bond donors (Lipinski definition) is 0. The molecular weight excluding hydrogens is 601 g/mol. The Morgan fingerprint density at radius 1 is 1.00 bits per heavy atom. The number of halogens is 2. The first kappa shape index (κ1) is 23.1. The summed E-state index contributed by atoms with van der Waals surface area (Å²) in [6.07, 6.45) is 1.74. The van der Waals surface area contributed by atoms with E-state index in [1.807, 2.05) is 73.7 Å². The summed E-state index contributed by atoms with van der Waals surface area (Å²) in [6.45, 7) is 2.74. The van der Waals surface area contributed by atoms with Gasteiger partial charge in [-0.05, 0) is 104 Å². The molecule has 0 N–H and O–H groups in total. The summed E-state index contributed by atoms with van der Waals surface area (Å²) in [5.41, 5.74) is 3.97. The lowest BCUT2D eigenvalue weighted by molar-refractivity contribution is -0.123. The van der Waals surface area contributed by atoms with Gasteiger partial charge in [-0.15, -0.1) is 0 Å². The number of ether oxygens (including phenoxy) is 1. The Morgan fingerprint density at radius 3 is 2.38 bits per heavy atom. The van der Waals surface area contributed by atoms with Crippen LogP contribution in [0, 0.1) is 10.5 Å². The van der Waals surface area contributed by atoms with Gasteiger partial charge in [-0.2, -0.15) is 0 Å². The molecule has 32 heavy (non-hydrogen) atoms. The first-order chi connectivity index (χ1) is 15.4. The molecule has 1 fully saturated rings. The normalized spacial score (nSPS) is 15.0. The average Bonchev–Trinajstić information content (AvgIpc) is 3.03. The van der Waals surface area contributed by atoms with Crippen LogP contribution >= 0.6 is 50.3 Å². The van der Waals surface area contributed by atoms with Crippen LogP contribution in [0.15, 0.2) is 76.1 Å². The van der Waals surface area contributed by atoms with Gasteiger partial charge in [-0.25, -0.2) is 0 Å². The van der Waals surface area contributed by atoms with Gasteiger partial charge in [0.2, 0.25) is 0 Å². The number of carbonyl (C=O) groups is 2. The van der Waals surface area contributed by atoms with Crippen LogP contribution in [0.5, 0.6) is 5.75 Å². The number of rotatable bonds is 6. The second kappa shape index (κ2) is 10.2. The fourth-order valence-corrected chi connectivity index (χ4v) is 4.84. The zero-order valence-electron chi connectivity index (χ0n) is 17.2. The largest absolute Gasteiger partial charge is 0.488 e. The number of carbonyl (C=O) groups excluding carboxylic acids is 2. The molecule has 1 aliphatic rings. The zero-order chi connectivity index (χ0) is 22.7. The molecule has 1 heterocycles. The summed E-state index contributed by atoms with van der Waals surface area (Å²) in [5, 5.41) is -0.252. The number of hydrogen-bond acceptors (Lipinski definition) is 4. The second-order valence-corrected chi connectivity index (χ2v) is 10.5. The maximum absolute atomic E-state index is 12.8. The van der Waals surface area contributed by atoms with Crippen molar-refractivity contribution in [3.05, 3.63) is 102 Å². The second-order valence-electron chi connectivity index (χ2n) is 7.36. The molecule has 0 bridgehead atoms. The predicted octanol–water partition coefficient (Wildman–Crippen LogP) is 7.18. The fraction of sp³-hybridized carbons (Fsp3) is 0.120. The van der Waals surface area contributed by atoms with Crippen LogP contribution in [0.2, 0.25) is 0 Å². The van der Waals surface area contributed by atoms with Gasteiger partial charge in [-0.3, -0.25) is 14.5 Å². The average molecular weight is 620 g/mol. The zero-order valence-corrected chi connectivity index (χ0v) is 21.7. The molecule has 162 valence electrons. The summed E-state index contributed by atoms with van der Waals surface area (Å²) >= 11 is 6.79. The third kappa shape index (κ3) is 5.63. The molecule has 1 saturated heterocycles. The number of aryl methyl sites for hydroxylation is 1. The van der Waals surface area contributed by atoms with E-state index in [0.717, 1.165) is 38.5 Å².